The number of halogens is 1. The zero-order valence-corrected chi connectivity index (χ0v) is 13.8. The number of hydrogen-bond donors (Lipinski definition) is 1. The van der Waals surface area contributed by atoms with Crippen LogP contribution in [0.1, 0.15) is 24.5 Å². The fourth-order valence-electron chi connectivity index (χ4n) is 2.36. The summed E-state index contributed by atoms with van der Waals surface area (Å²) in [5.41, 5.74) is 1.65. The first-order chi connectivity index (χ1) is 12.0. The van der Waals surface area contributed by atoms with Crippen LogP contribution in [0.2, 0.25) is 0 Å². The van der Waals surface area contributed by atoms with Crippen molar-refractivity contribution in [3.8, 4) is 6.07 Å². The van der Waals surface area contributed by atoms with Gasteiger partial charge in [0.25, 0.3) is 0 Å². The minimum Gasteiger partial charge on any atom is -0.352 e. The fraction of sp³-hybridized carbons (Fsp3) is 0.211. The number of nitriles is 1. The third-order valence-corrected chi connectivity index (χ3v) is 3.66. The van der Waals surface area contributed by atoms with Crippen LogP contribution in [0, 0.1) is 17.1 Å². The Morgan fingerprint density at radius 3 is 2.48 bits per heavy atom. The van der Waals surface area contributed by atoms with E-state index in [0.29, 0.717) is 11.3 Å². The Kier molecular flexibility index (Phi) is 6.24. The number of para-hydroxylation sites is 1. The summed E-state index contributed by atoms with van der Waals surface area (Å²) in [6, 6.07) is 14.7. The van der Waals surface area contributed by atoms with Crippen LogP contribution in [0.25, 0.3) is 0 Å². The standard InChI is InChI=1S/C19H18FN3O2/c1-14(24)23(18-5-3-2-4-16(18)12-21)11-10-19(25)22-13-15-6-8-17(20)9-7-15/h2-9H,10-11,13H2,1H3,(H,22,25). The molecule has 0 aliphatic rings. The van der Waals surface area contributed by atoms with Crippen molar-refractivity contribution in [3.05, 3.63) is 65.5 Å². The van der Waals surface area contributed by atoms with E-state index in [0.717, 1.165) is 5.56 Å². The van der Waals surface area contributed by atoms with Gasteiger partial charge in [0.05, 0.1) is 11.3 Å². The van der Waals surface area contributed by atoms with Crippen molar-refractivity contribution in [2.24, 2.45) is 0 Å². The molecule has 0 heterocycles. The van der Waals surface area contributed by atoms with Gasteiger partial charge in [-0.05, 0) is 29.8 Å². The molecule has 2 rings (SSSR count). The highest BCUT2D eigenvalue weighted by molar-refractivity contribution is 5.93. The van der Waals surface area contributed by atoms with Crippen molar-refractivity contribution in [1.82, 2.24) is 5.32 Å². The minimum atomic E-state index is -0.330. The van der Waals surface area contributed by atoms with Gasteiger partial charge in [-0.2, -0.15) is 5.26 Å². The monoisotopic (exact) mass is 339 g/mol. The van der Waals surface area contributed by atoms with Gasteiger partial charge in [-0.1, -0.05) is 24.3 Å². The quantitative estimate of drug-likeness (QED) is 0.879. The molecule has 25 heavy (non-hydrogen) atoms. The Balaban J connectivity index is 1.94. The maximum absolute atomic E-state index is 12.8. The molecule has 2 aromatic carbocycles. The van der Waals surface area contributed by atoms with Crippen molar-refractivity contribution in [3.63, 3.8) is 0 Å². The summed E-state index contributed by atoms with van der Waals surface area (Å²) >= 11 is 0. The summed E-state index contributed by atoms with van der Waals surface area (Å²) < 4.78 is 12.8. The molecule has 2 amide bonds. The molecule has 0 unspecified atom stereocenters. The summed E-state index contributed by atoms with van der Waals surface area (Å²) in [6.07, 6.45) is 0.0978. The molecule has 0 fully saturated rings. The van der Waals surface area contributed by atoms with Crippen LogP contribution in [0.4, 0.5) is 10.1 Å². The van der Waals surface area contributed by atoms with Gasteiger partial charge in [-0.15, -0.1) is 0 Å². The number of amides is 2. The molecule has 0 saturated carbocycles. The molecule has 0 saturated heterocycles. The molecule has 0 atom stereocenters. The predicted octanol–water partition coefficient (Wildman–Crippen LogP) is 2.76. The zero-order chi connectivity index (χ0) is 18.2. The van der Waals surface area contributed by atoms with Crippen LogP contribution >= 0.6 is 0 Å². The second kappa shape index (κ2) is 8.60. The van der Waals surface area contributed by atoms with Crippen molar-refractivity contribution < 1.29 is 14.0 Å². The van der Waals surface area contributed by atoms with Gasteiger partial charge in [0, 0.05) is 26.4 Å². The van der Waals surface area contributed by atoms with E-state index in [4.69, 9.17) is 5.26 Å². The van der Waals surface area contributed by atoms with E-state index in [2.05, 4.69) is 5.32 Å². The zero-order valence-electron chi connectivity index (χ0n) is 13.8. The van der Waals surface area contributed by atoms with E-state index in [-0.39, 0.29) is 37.1 Å². The number of benzene rings is 2. The molecule has 0 aromatic heterocycles. The second-order valence-corrected chi connectivity index (χ2v) is 5.45. The summed E-state index contributed by atoms with van der Waals surface area (Å²) in [6.45, 7) is 1.85. The first-order valence-electron chi connectivity index (χ1n) is 7.79. The minimum absolute atomic E-state index is 0.0978. The lowest BCUT2D eigenvalue weighted by Gasteiger charge is -2.22. The number of anilines is 1. The van der Waals surface area contributed by atoms with Crippen molar-refractivity contribution in [2.75, 3.05) is 11.4 Å². The molecular formula is C19H18FN3O2. The third-order valence-electron chi connectivity index (χ3n) is 3.66. The van der Waals surface area contributed by atoms with Gasteiger partial charge in [0.1, 0.15) is 11.9 Å². The molecule has 0 bridgehead atoms. The number of rotatable bonds is 6. The van der Waals surface area contributed by atoms with Crippen LogP contribution in [0.5, 0.6) is 0 Å². The summed E-state index contributed by atoms with van der Waals surface area (Å²) in [4.78, 5) is 25.3. The SMILES string of the molecule is CC(=O)N(CCC(=O)NCc1ccc(F)cc1)c1ccccc1C#N. The van der Waals surface area contributed by atoms with Crippen molar-refractivity contribution in [1.29, 1.82) is 5.26 Å². The number of carbonyl (C=O) groups is 2. The van der Waals surface area contributed by atoms with Crippen molar-refractivity contribution in [2.45, 2.75) is 19.9 Å². The number of hydrogen-bond acceptors (Lipinski definition) is 3. The second-order valence-electron chi connectivity index (χ2n) is 5.45. The number of nitrogens with one attached hydrogen (secondary N) is 1. The molecule has 2 aromatic rings. The molecule has 0 radical (unpaired) electrons. The maximum atomic E-state index is 12.8. The lowest BCUT2D eigenvalue weighted by atomic mass is 10.1. The number of carbonyl (C=O) groups excluding carboxylic acids is 2. The van der Waals surface area contributed by atoms with Crippen LogP contribution in [-0.4, -0.2) is 18.4 Å². The van der Waals surface area contributed by atoms with E-state index in [9.17, 15) is 14.0 Å². The summed E-state index contributed by atoms with van der Waals surface area (Å²) in [7, 11) is 0. The van der Waals surface area contributed by atoms with E-state index in [1.807, 2.05) is 6.07 Å². The molecule has 0 spiro atoms. The predicted molar refractivity (Wildman–Crippen MR) is 92.0 cm³/mol. The first-order valence-corrected chi connectivity index (χ1v) is 7.79. The molecule has 0 aliphatic heterocycles. The Morgan fingerprint density at radius 2 is 1.84 bits per heavy atom. The lowest BCUT2D eigenvalue weighted by Crippen LogP contribution is -2.34. The topological polar surface area (TPSA) is 73.2 Å². The fourth-order valence-corrected chi connectivity index (χ4v) is 2.36. The maximum Gasteiger partial charge on any atom is 0.223 e. The van der Waals surface area contributed by atoms with Gasteiger partial charge >= 0.3 is 0 Å². The van der Waals surface area contributed by atoms with Gasteiger partial charge in [0.15, 0.2) is 0 Å². The normalized spacial score (nSPS) is 9.96. The van der Waals surface area contributed by atoms with Crippen LogP contribution in [0.15, 0.2) is 48.5 Å². The highest BCUT2D eigenvalue weighted by atomic mass is 19.1. The Bertz CT molecular complexity index is 797. The summed E-state index contributed by atoms with van der Waals surface area (Å²) in [5, 5.41) is 11.9. The van der Waals surface area contributed by atoms with Crippen LogP contribution in [0.3, 0.4) is 0 Å². The van der Waals surface area contributed by atoms with Gasteiger partial charge in [-0.25, -0.2) is 4.39 Å². The van der Waals surface area contributed by atoms with Gasteiger partial charge in [0.2, 0.25) is 11.8 Å². The first kappa shape index (κ1) is 18.1. The van der Waals surface area contributed by atoms with E-state index < -0.39 is 0 Å². The highest BCUT2D eigenvalue weighted by Crippen LogP contribution is 2.20. The highest BCUT2D eigenvalue weighted by Gasteiger charge is 2.16. The van der Waals surface area contributed by atoms with E-state index >= 15 is 0 Å². The molecule has 5 nitrogen and oxygen atoms in total. The van der Waals surface area contributed by atoms with E-state index in [1.165, 1.54) is 24.0 Å². The smallest absolute Gasteiger partial charge is 0.223 e. The molecule has 6 heteroatoms. The van der Waals surface area contributed by atoms with E-state index in [1.54, 1.807) is 36.4 Å². The Morgan fingerprint density at radius 1 is 1.16 bits per heavy atom. The average molecular weight is 339 g/mol. The Labute approximate surface area is 145 Å². The third kappa shape index (κ3) is 5.15. The lowest BCUT2D eigenvalue weighted by molar-refractivity contribution is -0.121. The molecule has 128 valence electrons. The van der Waals surface area contributed by atoms with Gasteiger partial charge < -0.3 is 10.2 Å². The average Bonchev–Trinajstić information content (AvgIpc) is 2.61. The molecule has 0 aliphatic carbocycles. The molecule has 1 N–H and O–H groups in total. The molecular weight excluding hydrogens is 321 g/mol. The number of nitrogens with zero attached hydrogens (tertiary/aromatic N) is 2. The van der Waals surface area contributed by atoms with Crippen molar-refractivity contribution >= 4 is 17.5 Å². The largest absolute Gasteiger partial charge is 0.352 e. The summed E-state index contributed by atoms with van der Waals surface area (Å²) in [5.74, 6) is -0.803. The van der Waals surface area contributed by atoms with Crippen LogP contribution in [-0.2, 0) is 16.1 Å². The van der Waals surface area contributed by atoms with Crippen LogP contribution < -0.4 is 10.2 Å². The van der Waals surface area contributed by atoms with Gasteiger partial charge in [-0.3, -0.25) is 9.59 Å². The Hall–Kier alpha value is -3.20.